The van der Waals surface area contributed by atoms with E-state index in [9.17, 15) is 0 Å². The molecule has 0 spiro atoms. The summed E-state index contributed by atoms with van der Waals surface area (Å²) in [5.74, 6) is 1.32. The average Bonchev–Trinajstić information content (AvgIpc) is 2.41. The molecule has 0 aliphatic heterocycles. The molecule has 0 bridgehead atoms. The van der Waals surface area contributed by atoms with Crippen molar-refractivity contribution in [3.05, 3.63) is 46.1 Å². The number of aromatic nitrogens is 2. The maximum Gasteiger partial charge on any atom is 0.223 e. The van der Waals surface area contributed by atoms with Crippen LogP contribution in [0.2, 0.25) is 10.0 Å². The van der Waals surface area contributed by atoms with E-state index in [1.807, 2.05) is 31.2 Å². The lowest BCUT2D eigenvalue weighted by Gasteiger charge is -2.07. The smallest absolute Gasteiger partial charge is 0.223 e. The number of rotatable bonds is 5. The molecule has 0 unspecified atom stereocenters. The molecule has 2 aromatic rings. The van der Waals surface area contributed by atoms with Crippen molar-refractivity contribution in [2.24, 2.45) is 0 Å². The molecule has 1 aromatic heterocycles. The molecule has 0 aliphatic rings. The van der Waals surface area contributed by atoms with Gasteiger partial charge in [0, 0.05) is 17.3 Å². The van der Waals surface area contributed by atoms with Crippen LogP contribution in [0.4, 0.5) is 5.95 Å². The zero-order valence-electron chi connectivity index (χ0n) is 10.4. The molecule has 1 aromatic carbocycles. The molecule has 2 rings (SSSR count). The Morgan fingerprint density at radius 3 is 2.74 bits per heavy atom. The summed E-state index contributed by atoms with van der Waals surface area (Å²) in [6.45, 7) is 2.77. The van der Waals surface area contributed by atoms with Gasteiger partial charge in [0.25, 0.3) is 0 Å². The lowest BCUT2D eigenvalue weighted by Crippen LogP contribution is -2.02. The van der Waals surface area contributed by atoms with Crippen LogP contribution in [0, 0.1) is 0 Å². The Balaban J connectivity index is 2.10. The van der Waals surface area contributed by atoms with Crippen LogP contribution in [0.5, 0.6) is 0 Å². The first-order valence-corrected chi connectivity index (χ1v) is 7.57. The van der Waals surface area contributed by atoms with Crippen LogP contribution in [-0.2, 0) is 5.75 Å². The minimum absolute atomic E-state index is 0.554. The van der Waals surface area contributed by atoms with E-state index >= 15 is 0 Å². The number of hydrogen-bond acceptors (Lipinski definition) is 4. The maximum absolute atomic E-state index is 6.12. The monoisotopic (exact) mass is 313 g/mol. The van der Waals surface area contributed by atoms with E-state index in [-0.39, 0.29) is 0 Å². The van der Waals surface area contributed by atoms with Crippen LogP contribution >= 0.6 is 35.0 Å². The summed E-state index contributed by atoms with van der Waals surface area (Å²) in [5, 5.41) is 5.13. The Labute approximate surface area is 126 Å². The third-order valence-corrected chi connectivity index (χ3v) is 4.17. The highest BCUT2D eigenvalue weighted by Crippen LogP contribution is 2.30. The van der Waals surface area contributed by atoms with E-state index in [1.165, 1.54) is 0 Å². The highest BCUT2D eigenvalue weighted by atomic mass is 35.5. The molecule has 0 aliphatic carbocycles. The first-order chi connectivity index (χ1) is 9.20. The third kappa shape index (κ3) is 4.00. The van der Waals surface area contributed by atoms with Crippen molar-refractivity contribution in [3.8, 4) is 0 Å². The van der Waals surface area contributed by atoms with Gasteiger partial charge in [0.1, 0.15) is 5.03 Å². The zero-order chi connectivity index (χ0) is 13.7. The van der Waals surface area contributed by atoms with E-state index in [0.29, 0.717) is 11.0 Å². The van der Waals surface area contributed by atoms with Gasteiger partial charge in [-0.1, -0.05) is 53.2 Å². The summed E-state index contributed by atoms with van der Waals surface area (Å²) in [7, 11) is 0. The fraction of sp³-hybridized carbons (Fsp3) is 0.231. The molecule has 0 saturated heterocycles. The molecule has 0 atom stereocenters. The average molecular weight is 314 g/mol. The third-order valence-electron chi connectivity index (χ3n) is 2.37. The SMILES string of the molecule is CCNc1ncc(Cl)c(SCc2ccccc2Cl)n1. The summed E-state index contributed by atoms with van der Waals surface area (Å²) >= 11 is 13.8. The summed E-state index contributed by atoms with van der Waals surface area (Å²) in [4.78, 5) is 8.48. The predicted molar refractivity (Wildman–Crippen MR) is 82.2 cm³/mol. The van der Waals surface area contributed by atoms with Crippen LogP contribution in [0.1, 0.15) is 12.5 Å². The van der Waals surface area contributed by atoms with Gasteiger partial charge in [-0.25, -0.2) is 9.97 Å². The van der Waals surface area contributed by atoms with E-state index in [4.69, 9.17) is 23.2 Å². The number of thioether (sulfide) groups is 1. The standard InChI is InChI=1S/C13H13Cl2N3S/c1-2-16-13-17-7-11(15)12(18-13)19-8-9-5-3-4-6-10(9)14/h3-7H,2,8H2,1H3,(H,16,17,18). The number of benzene rings is 1. The van der Waals surface area contributed by atoms with Gasteiger partial charge in [0.2, 0.25) is 5.95 Å². The van der Waals surface area contributed by atoms with Crippen LogP contribution in [0.25, 0.3) is 0 Å². The molecular formula is C13H13Cl2N3S. The fourth-order valence-electron chi connectivity index (χ4n) is 1.46. The second kappa shape index (κ2) is 6.98. The second-order valence-electron chi connectivity index (χ2n) is 3.76. The zero-order valence-corrected chi connectivity index (χ0v) is 12.7. The van der Waals surface area contributed by atoms with Gasteiger partial charge in [0.05, 0.1) is 11.2 Å². The minimum atomic E-state index is 0.554. The van der Waals surface area contributed by atoms with Crippen molar-refractivity contribution in [2.75, 3.05) is 11.9 Å². The summed E-state index contributed by atoms with van der Waals surface area (Å²) in [6, 6.07) is 7.75. The van der Waals surface area contributed by atoms with Crippen LogP contribution in [0.15, 0.2) is 35.5 Å². The lowest BCUT2D eigenvalue weighted by atomic mass is 10.2. The van der Waals surface area contributed by atoms with Crippen LogP contribution in [0.3, 0.4) is 0 Å². The second-order valence-corrected chi connectivity index (χ2v) is 5.54. The highest BCUT2D eigenvalue weighted by Gasteiger charge is 2.07. The molecule has 1 heterocycles. The number of nitrogens with one attached hydrogen (secondary N) is 1. The Morgan fingerprint density at radius 1 is 1.21 bits per heavy atom. The largest absolute Gasteiger partial charge is 0.354 e. The number of anilines is 1. The molecule has 6 heteroatoms. The summed E-state index contributed by atoms with van der Waals surface area (Å²) in [5.41, 5.74) is 1.06. The lowest BCUT2D eigenvalue weighted by molar-refractivity contribution is 1.01. The van der Waals surface area contributed by atoms with Gasteiger partial charge < -0.3 is 5.32 Å². The molecule has 1 N–H and O–H groups in total. The van der Waals surface area contributed by atoms with E-state index in [2.05, 4.69) is 15.3 Å². The van der Waals surface area contributed by atoms with Crippen molar-refractivity contribution in [1.29, 1.82) is 0 Å². The molecule has 0 saturated carbocycles. The predicted octanol–water partition coefficient (Wildman–Crippen LogP) is 4.51. The van der Waals surface area contributed by atoms with Crippen molar-refractivity contribution in [2.45, 2.75) is 17.7 Å². The van der Waals surface area contributed by atoms with Crippen molar-refractivity contribution >= 4 is 40.9 Å². The van der Waals surface area contributed by atoms with Crippen molar-refractivity contribution in [3.63, 3.8) is 0 Å². The molecule has 100 valence electrons. The fourth-order valence-corrected chi connectivity index (χ4v) is 2.88. The summed E-state index contributed by atoms with van der Waals surface area (Å²) < 4.78 is 0. The molecule has 0 amide bonds. The molecular weight excluding hydrogens is 301 g/mol. The van der Waals surface area contributed by atoms with Gasteiger partial charge in [0.15, 0.2) is 0 Å². The molecule has 19 heavy (non-hydrogen) atoms. The maximum atomic E-state index is 6.12. The number of halogens is 2. The van der Waals surface area contributed by atoms with E-state index in [0.717, 1.165) is 27.9 Å². The van der Waals surface area contributed by atoms with E-state index < -0.39 is 0 Å². The van der Waals surface area contributed by atoms with Gasteiger partial charge in [-0.15, -0.1) is 0 Å². The van der Waals surface area contributed by atoms with Gasteiger partial charge in [-0.05, 0) is 18.6 Å². The minimum Gasteiger partial charge on any atom is -0.354 e. The van der Waals surface area contributed by atoms with Crippen molar-refractivity contribution < 1.29 is 0 Å². The van der Waals surface area contributed by atoms with Gasteiger partial charge in [-0.3, -0.25) is 0 Å². The highest BCUT2D eigenvalue weighted by molar-refractivity contribution is 7.98. The van der Waals surface area contributed by atoms with E-state index in [1.54, 1.807) is 18.0 Å². The topological polar surface area (TPSA) is 37.8 Å². The number of hydrogen-bond donors (Lipinski definition) is 1. The van der Waals surface area contributed by atoms with Gasteiger partial charge >= 0.3 is 0 Å². The normalized spacial score (nSPS) is 10.5. The first kappa shape index (κ1) is 14.4. The number of nitrogens with zero attached hydrogens (tertiary/aromatic N) is 2. The van der Waals surface area contributed by atoms with Crippen LogP contribution < -0.4 is 5.32 Å². The molecule has 0 radical (unpaired) electrons. The molecule has 0 fully saturated rings. The first-order valence-electron chi connectivity index (χ1n) is 5.83. The van der Waals surface area contributed by atoms with Gasteiger partial charge in [-0.2, -0.15) is 0 Å². The Hall–Kier alpha value is -0.970. The molecule has 3 nitrogen and oxygen atoms in total. The Kier molecular flexibility index (Phi) is 5.31. The Morgan fingerprint density at radius 2 is 2.00 bits per heavy atom. The Bertz CT molecular complexity index is 563. The van der Waals surface area contributed by atoms with Crippen LogP contribution in [-0.4, -0.2) is 16.5 Å². The summed E-state index contributed by atoms with van der Waals surface area (Å²) in [6.07, 6.45) is 1.61. The van der Waals surface area contributed by atoms with Crippen molar-refractivity contribution in [1.82, 2.24) is 9.97 Å². The quantitative estimate of drug-likeness (QED) is 0.651.